The molecule has 0 unspecified atom stereocenters. The molecule has 0 atom stereocenters. The number of methoxy groups -OCH3 is 1. The summed E-state index contributed by atoms with van der Waals surface area (Å²) in [6.07, 6.45) is 7.16. The lowest BCUT2D eigenvalue weighted by Crippen LogP contribution is -2.28. The van der Waals surface area contributed by atoms with Gasteiger partial charge in [-0.05, 0) is 80.9 Å². The van der Waals surface area contributed by atoms with E-state index in [4.69, 9.17) is 14.8 Å². The summed E-state index contributed by atoms with van der Waals surface area (Å²) in [5.41, 5.74) is 9.20. The lowest BCUT2D eigenvalue weighted by Gasteiger charge is -2.24. The van der Waals surface area contributed by atoms with E-state index in [0.29, 0.717) is 11.6 Å². The van der Waals surface area contributed by atoms with Crippen LogP contribution in [0.4, 0.5) is 23.0 Å². The quantitative estimate of drug-likeness (QED) is 0.265. The number of aryl methyl sites for hydroxylation is 4. The lowest BCUT2D eigenvalue weighted by atomic mass is 10.0. The van der Waals surface area contributed by atoms with Gasteiger partial charge in [-0.25, -0.2) is 9.97 Å². The molecule has 1 saturated heterocycles. The Bertz CT molecular complexity index is 1680. The Hall–Kier alpha value is -4.44. The number of likely N-dealkylation sites (N-methyl/N-ethyl adjacent to an activating group) is 1. The highest BCUT2D eigenvalue weighted by molar-refractivity contribution is 6.05. The molecule has 6 rings (SSSR count). The van der Waals surface area contributed by atoms with Gasteiger partial charge >= 0.3 is 0 Å². The highest BCUT2D eigenvalue weighted by Gasteiger charge is 2.28. The number of aromatic nitrogens is 4. The van der Waals surface area contributed by atoms with E-state index < -0.39 is 0 Å². The van der Waals surface area contributed by atoms with Crippen LogP contribution in [0.25, 0.3) is 11.4 Å². The van der Waals surface area contributed by atoms with Crippen LogP contribution in [0.2, 0.25) is 0 Å². The van der Waals surface area contributed by atoms with Crippen LogP contribution < -0.4 is 20.3 Å². The fraction of sp³-hybridized carbons (Fsp3) is 0.429. The molecule has 0 bridgehead atoms. The number of nitrogens with zero attached hydrogens (tertiary/aromatic N) is 6. The van der Waals surface area contributed by atoms with Crippen LogP contribution in [0.3, 0.4) is 0 Å². The second kappa shape index (κ2) is 13.3. The Morgan fingerprint density at radius 2 is 1.78 bits per heavy atom. The smallest absolute Gasteiger partial charge is 0.276 e. The predicted octanol–water partition coefficient (Wildman–Crippen LogP) is 5.64. The van der Waals surface area contributed by atoms with Crippen LogP contribution in [-0.2, 0) is 32.7 Å². The van der Waals surface area contributed by atoms with Crippen LogP contribution in [-0.4, -0.2) is 70.9 Å². The monoisotopic (exact) mass is 608 g/mol. The van der Waals surface area contributed by atoms with Gasteiger partial charge < -0.3 is 25.2 Å². The topological polar surface area (TPSA) is 100 Å². The number of amides is 1. The molecule has 3 heterocycles. The van der Waals surface area contributed by atoms with Gasteiger partial charge in [0.15, 0.2) is 5.69 Å². The molecule has 1 aliphatic heterocycles. The number of carbonyl (C=O) groups excluding carboxylic acids is 1. The summed E-state index contributed by atoms with van der Waals surface area (Å²) in [6, 6.07) is 12.5. The van der Waals surface area contributed by atoms with Crippen LogP contribution >= 0.6 is 0 Å². The Labute approximate surface area is 265 Å². The van der Waals surface area contributed by atoms with E-state index in [1.807, 2.05) is 19.3 Å². The molecular weight excluding hydrogens is 564 g/mol. The van der Waals surface area contributed by atoms with Crippen molar-refractivity contribution in [2.24, 2.45) is 7.05 Å². The van der Waals surface area contributed by atoms with Gasteiger partial charge in [0.25, 0.3) is 5.91 Å². The SMILES string of the molecule is CCc1cccc(CC)c1NC(=O)c1nn(C)c2c1CCCc1cnc(Nc3ccc(N4CCCN(C)CC4)cc3OC)nc1-2. The van der Waals surface area contributed by atoms with E-state index in [2.05, 4.69) is 76.6 Å². The largest absolute Gasteiger partial charge is 0.494 e. The number of ether oxygens (including phenoxy) is 1. The summed E-state index contributed by atoms with van der Waals surface area (Å²) in [6.45, 7) is 8.37. The first-order valence-electron chi connectivity index (χ1n) is 16.1. The van der Waals surface area contributed by atoms with Gasteiger partial charge in [-0.15, -0.1) is 0 Å². The van der Waals surface area contributed by atoms with Gasteiger partial charge in [0.2, 0.25) is 5.95 Å². The van der Waals surface area contributed by atoms with Gasteiger partial charge in [0.05, 0.1) is 24.2 Å². The fourth-order valence-electron chi connectivity index (χ4n) is 6.57. The Morgan fingerprint density at radius 3 is 2.53 bits per heavy atom. The van der Waals surface area contributed by atoms with E-state index in [1.54, 1.807) is 11.8 Å². The van der Waals surface area contributed by atoms with E-state index in [9.17, 15) is 4.79 Å². The van der Waals surface area contributed by atoms with Crippen molar-refractivity contribution >= 4 is 28.9 Å². The predicted molar refractivity (Wildman–Crippen MR) is 180 cm³/mol. The van der Waals surface area contributed by atoms with Gasteiger partial charge in [0.1, 0.15) is 5.75 Å². The van der Waals surface area contributed by atoms with Crippen molar-refractivity contribution in [3.63, 3.8) is 0 Å². The zero-order valence-electron chi connectivity index (χ0n) is 27.1. The maximum Gasteiger partial charge on any atom is 0.276 e. The minimum absolute atomic E-state index is 0.181. The van der Waals surface area contributed by atoms with E-state index in [1.165, 1.54) is 0 Å². The van der Waals surface area contributed by atoms with Crippen molar-refractivity contribution < 1.29 is 9.53 Å². The minimum atomic E-state index is -0.181. The maximum atomic E-state index is 13.8. The van der Waals surface area contributed by atoms with Crippen LogP contribution in [0.15, 0.2) is 42.6 Å². The summed E-state index contributed by atoms with van der Waals surface area (Å²) in [4.78, 5) is 28.2. The third-order valence-electron chi connectivity index (χ3n) is 9.08. The molecule has 2 aromatic carbocycles. The highest BCUT2D eigenvalue weighted by atomic mass is 16.5. The second-order valence-corrected chi connectivity index (χ2v) is 12.0. The molecule has 0 saturated carbocycles. The van der Waals surface area contributed by atoms with Crippen molar-refractivity contribution in [3.8, 4) is 17.1 Å². The van der Waals surface area contributed by atoms with Crippen LogP contribution in [0.1, 0.15) is 59.4 Å². The van der Waals surface area contributed by atoms with Crippen molar-refractivity contribution in [3.05, 3.63) is 70.5 Å². The Balaban J connectivity index is 1.29. The molecule has 1 aliphatic carbocycles. The summed E-state index contributed by atoms with van der Waals surface area (Å²) in [5.74, 6) is 1.03. The molecule has 0 radical (unpaired) electrons. The number of rotatable bonds is 8. The number of para-hydroxylation sites is 1. The highest BCUT2D eigenvalue weighted by Crippen LogP contribution is 2.36. The molecule has 2 aliphatic rings. The summed E-state index contributed by atoms with van der Waals surface area (Å²) in [5, 5.41) is 11.4. The molecule has 10 nitrogen and oxygen atoms in total. The number of hydrogen-bond donors (Lipinski definition) is 2. The number of fused-ring (bicyclic) bond motifs is 3. The van der Waals surface area contributed by atoms with E-state index >= 15 is 0 Å². The Kier molecular flexibility index (Phi) is 9.02. The molecule has 45 heavy (non-hydrogen) atoms. The average Bonchev–Trinajstić information content (AvgIpc) is 3.17. The molecule has 1 fully saturated rings. The molecule has 236 valence electrons. The van der Waals surface area contributed by atoms with Crippen LogP contribution in [0.5, 0.6) is 5.75 Å². The third-order valence-corrected chi connectivity index (χ3v) is 9.08. The molecule has 0 spiro atoms. The molecule has 2 N–H and O–H groups in total. The fourth-order valence-corrected chi connectivity index (χ4v) is 6.57. The average molecular weight is 609 g/mol. The standard InChI is InChI=1S/C35H44N8O2/c1-6-23-11-8-12-24(7-2)30(23)38-34(44)32-27-14-9-13-25-22-36-35(39-31(25)33(27)42(4)40-32)37-28-16-15-26(21-29(28)45-5)43-18-10-17-41(3)19-20-43/h8,11-12,15-16,21-22H,6-7,9-10,13-14,17-20H2,1-5H3,(H,38,44)(H,36,37,39). The molecule has 2 aromatic heterocycles. The number of carbonyl (C=O) groups is 1. The van der Waals surface area contributed by atoms with Gasteiger partial charge in [0, 0.05) is 55.9 Å². The third kappa shape index (κ3) is 6.24. The summed E-state index contributed by atoms with van der Waals surface area (Å²) in [7, 11) is 5.76. The van der Waals surface area contributed by atoms with Gasteiger partial charge in [-0.2, -0.15) is 5.10 Å². The first-order valence-corrected chi connectivity index (χ1v) is 16.1. The summed E-state index contributed by atoms with van der Waals surface area (Å²) >= 11 is 0. The van der Waals surface area contributed by atoms with Crippen molar-refractivity contribution in [1.82, 2.24) is 24.6 Å². The molecular formula is C35H44N8O2. The summed E-state index contributed by atoms with van der Waals surface area (Å²) < 4.78 is 7.60. The minimum Gasteiger partial charge on any atom is -0.494 e. The number of anilines is 4. The zero-order valence-corrected chi connectivity index (χ0v) is 27.1. The van der Waals surface area contributed by atoms with E-state index in [-0.39, 0.29) is 5.91 Å². The maximum absolute atomic E-state index is 13.8. The molecule has 10 heteroatoms. The Morgan fingerprint density at radius 1 is 0.978 bits per heavy atom. The molecule has 4 aromatic rings. The molecule has 1 amide bonds. The van der Waals surface area contributed by atoms with Crippen molar-refractivity contribution in [1.29, 1.82) is 0 Å². The zero-order chi connectivity index (χ0) is 31.5. The first-order chi connectivity index (χ1) is 21.9. The number of hydrogen-bond acceptors (Lipinski definition) is 8. The van der Waals surface area contributed by atoms with Gasteiger partial charge in [-0.1, -0.05) is 32.0 Å². The van der Waals surface area contributed by atoms with Gasteiger partial charge in [-0.3, -0.25) is 9.48 Å². The number of nitrogens with one attached hydrogen (secondary N) is 2. The van der Waals surface area contributed by atoms with Crippen molar-refractivity contribution in [2.45, 2.75) is 52.4 Å². The normalized spacial score (nSPS) is 15.1. The van der Waals surface area contributed by atoms with E-state index in [0.717, 1.165) is 121 Å². The second-order valence-electron chi connectivity index (χ2n) is 12.0. The van der Waals surface area contributed by atoms with Crippen LogP contribution in [0, 0.1) is 0 Å². The first kappa shape index (κ1) is 30.6. The van der Waals surface area contributed by atoms with Crippen molar-refractivity contribution in [2.75, 3.05) is 55.9 Å². The lowest BCUT2D eigenvalue weighted by molar-refractivity contribution is 0.102. The number of benzene rings is 2.